The number of benzene rings is 8. The van der Waals surface area contributed by atoms with Crippen LogP contribution in [0.15, 0.2) is 185 Å². The van der Waals surface area contributed by atoms with Gasteiger partial charge in [-0.3, -0.25) is 5.41 Å². The summed E-state index contributed by atoms with van der Waals surface area (Å²) in [5.74, 6) is 0.391. The Morgan fingerprint density at radius 2 is 1.30 bits per heavy atom. The van der Waals surface area contributed by atoms with Crippen LogP contribution in [0.4, 0.5) is 0 Å². The molecule has 54 heavy (non-hydrogen) atoms. The van der Waals surface area contributed by atoms with Crippen molar-refractivity contribution in [1.29, 1.82) is 5.41 Å². The minimum absolute atomic E-state index is 0.114. The Morgan fingerprint density at radius 3 is 2.09 bits per heavy atom. The van der Waals surface area contributed by atoms with Crippen LogP contribution in [-0.4, -0.2) is 11.7 Å². The van der Waals surface area contributed by atoms with Crippen LogP contribution in [0, 0.1) is 12.3 Å². The maximum atomic E-state index is 8.79. The number of fused-ring (bicyclic) bond motifs is 7. The third-order valence-corrected chi connectivity index (χ3v) is 11.0. The molecular weight excluding hydrogens is 679 g/mol. The lowest BCUT2D eigenvalue weighted by Crippen LogP contribution is -2.16. The smallest absolute Gasteiger partial charge is 0.154 e. The number of nitrogens with one attached hydrogen (secondary N) is 1. The normalized spacial score (nSPS) is 11.7. The molecule has 5 heteroatoms. The first-order valence-corrected chi connectivity index (χ1v) is 18.7. The van der Waals surface area contributed by atoms with Crippen molar-refractivity contribution in [1.82, 2.24) is 0 Å². The van der Waals surface area contributed by atoms with Crippen LogP contribution in [-0.2, 0) is 0 Å². The molecule has 0 spiro atoms. The summed E-state index contributed by atoms with van der Waals surface area (Å²) < 4.78 is 8.87. The molecule has 2 aromatic heterocycles. The summed E-state index contributed by atoms with van der Waals surface area (Å²) in [5, 5.41) is 15.3. The lowest BCUT2D eigenvalue weighted by Gasteiger charge is -2.10. The van der Waals surface area contributed by atoms with Crippen LogP contribution >= 0.6 is 11.3 Å². The average molecular weight is 714 g/mol. The van der Waals surface area contributed by atoms with E-state index in [1.165, 1.54) is 42.4 Å². The van der Waals surface area contributed by atoms with E-state index in [0.717, 1.165) is 43.8 Å². The van der Waals surface area contributed by atoms with Crippen molar-refractivity contribution in [3.8, 4) is 22.3 Å². The van der Waals surface area contributed by atoms with Gasteiger partial charge in [-0.25, -0.2) is 4.99 Å². The summed E-state index contributed by atoms with van der Waals surface area (Å²) in [6.45, 7) is 2.08. The van der Waals surface area contributed by atoms with Crippen LogP contribution in [0.1, 0.15) is 16.7 Å². The highest BCUT2D eigenvalue weighted by Gasteiger charge is 2.18. The zero-order chi connectivity index (χ0) is 36.6. The Morgan fingerprint density at radius 1 is 0.556 bits per heavy atom. The molecule has 0 bridgehead atoms. The summed E-state index contributed by atoms with van der Waals surface area (Å²) in [4.78, 5) is 4.59. The quantitative estimate of drug-likeness (QED) is 0.141. The molecule has 0 aliphatic heterocycles. The maximum Gasteiger partial charge on any atom is 0.154 e. The monoisotopic (exact) mass is 713 g/mol. The second-order valence-electron chi connectivity index (χ2n) is 13.4. The Labute approximate surface area is 317 Å². The van der Waals surface area contributed by atoms with Gasteiger partial charge in [-0.2, -0.15) is 0 Å². The van der Waals surface area contributed by atoms with Crippen molar-refractivity contribution in [2.45, 2.75) is 6.92 Å². The van der Waals surface area contributed by atoms with Gasteiger partial charge in [0.15, 0.2) is 5.84 Å². The molecule has 0 fully saturated rings. The van der Waals surface area contributed by atoms with Crippen LogP contribution in [0.5, 0.6) is 0 Å². The van der Waals surface area contributed by atoms with E-state index in [4.69, 9.17) is 15.6 Å². The van der Waals surface area contributed by atoms with E-state index >= 15 is 0 Å². The first-order valence-electron chi connectivity index (χ1n) is 17.9. The molecule has 0 aliphatic carbocycles. The number of nitrogens with two attached hydrogens (primary N) is 1. The molecule has 2 heterocycles. The summed E-state index contributed by atoms with van der Waals surface area (Å²) >= 11 is 1.83. The number of nitrogens with zero attached hydrogens (tertiary/aromatic N) is 1. The Kier molecular flexibility index (Phi) is 8.54. The topological polar surface area (TPSA) is 75.4 Å². The predicted octanol–water partition coefficient (Wildman–Crippen LogP) is 13.2. The van der Waals surface area contributed by atoms with Crippen molar-refractivity contribution >= 4 is 75.9 Å². The van der Waals surface area contributed by atoms with Gasteiger partial charge in [0.2, 0.25) is 0 Å². The van der Waals surface area contributed by atoms with Gasteiger partial charge in [0.05, 0.1) is 0 Å². The molecule has 0 saturated carbocycles. The highest BCUT2D eigenvalue weighted by molar-refractivity contribution is 7.26. The molecule has 10 rings (SSSR count). The van der Waals surface area contributed by atoms with E-state index < -0.39 is 0 Å². The third-order valence-electron chi connectivity index (χ3n) is 9.86. The van der Waals surface area contributed by atoms with Gasteiger partial charge in [-0.1, -0.05) is 139 Å². The van der Waals surface area contributed by atoms with Gasteiger partial charge in [-0.05, 0) is 82.4 Å². The van der Waals surface area contributed by atoms with Gasteiger partial charge in [-0.15, -0.1) is 11.3 Å². The first-order chi connectivity index (χ1) is 26.5. The number of aliphatic imine (C=N–C) groups is 1. The molecule has 0 amide bonds. The molecule has 3 N–H and O–H groups in total. The molecule has 4 nitrogen and oxygen atoms in total. The summed E-state index contributed by atoms with van der Waals surface area (Å²) in [7, 11) is 0. The number of thiophene rings is 1. The molecule has 0 unspecified atom stereocenters. The van der Waals surface area contributed by atoms with Crippen LogP contribution < -0.4 is 5.73 Å². The molecule has 0 aliphatic rings. The van der Waals surface area contributed by atoms with Crippen molar-refractivity contribution in [2.75, 3.05) is 0 Å². The van der Waals surface area contributed by atoms with E-state index in [1.807, 2.05) is 84.1 Å². The number of aryl methyl sites for hydroxylation is 1. The molecular formula is C49H35N3OS. The van der Waals surface area contributed by atoms with Crippen molar-refractivity contribution in [2.24, 2.45) is 10.7 Å². The Hall–Kier alpha value is -6.82. The van der Waals surface area contributed by atoms with Crippen molar-refractivity contribution in [3.63, 3.8) is 0 Å². The number of hydrogen-bond donors (Lipinski definition) is 2. The lowest BCUT2D eigenvalue weighted by atomic mass is 9.93. The molecule has 0 saturated heterocycles. The SMILES string of the molecule is Cc1ccccc1.N=C(N=C(N)c1cccc2oc3ccc(-c4cc(-c5ccccc5)cc5sc6ccccc6c45)cc3c12)c1ccc2ccccc2c1. The second-order valence-corrected chi connectivity index (χ2v) is 14.5. The molecule has 0 radical (unpaired) electrons. The molecule has 10 aromatic rings. The second kappa shape index (κ2) is 14.0. The van der Waals surface area contributed by atoms with Crippen LogP contribution in [0.25, 0.3) is 75.1 Å². The molecule has 258 valence electrons. The number of hydrogen-bond acceptors (Lipinski definition) is 3. The van der Waals surface area contributed by atoms with E-state index in [2.05, 4.69) is 115 Å². The Balaban J connectivity index is 0.000000496. The third kappa shape index (κ3) is 6.21. The largest absolute Gasteiger partial charge is 0.456 e. The van der Waals surface area contributed by atoms with Gasteiger partial charge in [0, 0.05) is 42.1 Å². The minimum atomic E-state index is 0.114. The highest BCUT2D eigenvalue weighted by Crippen LogP contribution is 2.44. The zero-order valence-electron chi connectivity index (χ0n) is 29.6. The number of rotatable bonds is 4. The maximum absolute atomic E-state index is 8.79. The van der Waals surface area contributed by atoms with Gasteiger partial charge in [0.25, 0.3) is 0 Å². The molecule has 0 atom stereocenters. The first kappa shape index (κ1) is 33.0. The minimum Gasteiger partial charge on any atom is -0.456 e. The van der Waals surface area contributed by atoms with Crippen molar-refractivity contribution in [3.05, 3.63) is 193 Å². The van der Waals surface area contributed by atoms with E-state index in [1.54, 1.807) is 0 Å². The zero-order valence-corrected chi connectivity index (χ0v) is 30.4. The van der Waals surface area contributed by atoms with Gasteiger partial charge in [0.1, 0.15) is 17.0 Å². The summed E-state index contributed by atoms with van der Waals surface area (Å²) in [6.07, 6.45) is 0. The van der Waals surface area contributed by atoms with E-state index in [-0.39, 0.29) is 11.7 Å². The van der Waals surface area contributed by atoms with Gasteiger partial charge >= 0.3 is 0 Å². The fourth-order valence-electron chi connectivity index (χ4n) is 7.20. The summed E-state index contributed by atoms with van der Waals surface area (Å²) in [5.41, 5.74) is 15.6. The number of amidine groups is 2. The molecule has 8 aromatic carbocycles. The Bertz CT molecular complexity index is 3030. The summed E-state index contributed by atoms with van der Waals surface area (Å²) in [6, 6.07) is 60.3. The van der Waals surface area contributed by atoms with E-state index in [0.29, 0.717) is 5.56 Å². The standard InChI is InChI=1S/C42H27N3OS.C7H8/c43-41(29-18-17-26-11-4-5-12-27(26)21-29)45-42(44)32-14-8-15-36-39(32)34-22-28(19-20-35(34)46-36)33-23-30(25-9-2-1-3-10-25)24-38-40(33)31-13-6-7-16-37(31)47-38;1-7-5-3-2-4-6-7/h1-24H,(H3,43,44,45);2-6H,1H3. The van der Waals surface area contributed by atoms with E-state index in [9.17, 15) is 0 Å². The fourth-order valence-corrected chi connectivity index (χ4v) is 8.37. The predicted molar refractivity (Wildman–Crippen MR) is 230 cm³/mol. The highest BCUT2D eigenvalue weighted by atomic mass is 32.1. The fraction of sp³-hybridized carbons (Fsp3) is 0.0204. The van der Waals surface area contributed by atoms with Crippen LogP contribution in [0.2, 0.25) is 0 Å². The average Bonchev–Trinajstić information content (AvgIpc) is 3.79. The van der Waals surface area contributed by atoms with Crippen LogP contribution in [0.3, 0.4) is 0 Å². The van der Waals surface area contributed by atoms with Gasteiger partial charge < -0.3 is 10.2 Å². The number of furan rings is 1. The van der Waals surface area contributed by atoms with Crippen molar-refractivity contribution < 1.29 is 4.42 Å². The lowest BCUT2D eigenvalue weighted by molar-refractivity contribution is 0.669.